The van der Waals surface area contributed by atoms with Crippen LogP contribution in [0.4, 0.5) is 15.8 Å². The predicted molar refractivity (Wildman–Crippen MR) is 79.5 cm³/mol. The van der Waals surface area contributed by atoms with Crippen LogP contribution in [-0.2, 0) is 0 Å². The molecule has 4 nitrogen and oxygen atoms in total. The molecule has 0 radical (unpaired) electrons. The number of halogens is 2. The maximum atomic E-state index is 13.4. The number of carbonyl (C=O) groups is 1. The van der Waals surface area contributed by atoms with Crippen LogP contribution >= 0.6 is 15.9 Å². The molecule has 104 valence electrons. The van der Waals surface area contributed by atoms with Gasteiger partial charge in [0, 0.05) is 11.3 Å². The van der Waals surface area contributed by atoms with Crippen LogP contribution in [-0.4, -0.2) is 13.0 Å². The third kappa shape index (κ3) is 3.08. The molecule has 20 heavy (non-hydrogen) atoms. The van der Waals surface area contributed by atoms with Crippen molar-refractivity contribution in [2.45, 2.75) is 0 Å². The zero-order valence-corrected chi connectivity index (χ0v) is 12.2. The summed E-state index contributed by atoms with van der Waals surface area (Å²) in [6.07, 6.45) is 0. The molecule has 0 atom stereocenters. The molecule has 0 heterocycles. The average Bonchev–Trinajstić information content (AvgIpc) is 2.42. The van der Waals surface area contributed by atoms with E-state index in [1.54, 1.807) is 18.2 Å². The smallest absolute Gasteiger partial charge is 0.255 e. The Balaban J connectivity index is 2.19. The molecule has 6 heteroatoms. The van der Waals surface area contributed by atoms with Gasteiger partial charge < -0.3 is 15.8 Å². The number of nitrogens with two attached hydrogens (primary N) is 1. The second-order valence-corrected chi connectivity index (χ2v) is 4.89. The number of benzene rings is 2. The molecule has 0 aliphatic rings. The predicted octanol–water partition coefficient (Wildman–Crippen LogP) is 3.43. The van der Waals surface area contributed by atoms with Crippen molar-refractivity contribution in [3.05, 3.63) is 52.3 Å². The summed E-state index contributed by atoms with van der Waals surface area (Å²) in [4.78, 5) is 12.0. The molecule has 0 unspecified atom stereocenters. The summed E-state index contributed by atoms with van der Waals surface area (Å²) < 4.78 is 18.7. The van der Waals surface area contributed by atoms with Crippen molar-refractivity contribution in [2.75, 3.05) is 18.2 Å². The van der Waals surface area contributed by atoms with E-state index in [2.05, 4.69) is 21.2 Å². The number of hydrogen-bond acceptors (Lipinski definition) is 3. The molecule has 0 saturated heterocycles. The molecule has 0 spiro atoms. The molecule has 3 N–H and O–H groups in total. The summed E-state index contributed by atoms with van der Waals surface area (Å²) in [5, 5.41) is 2.59. The Hall–Kier alpha value is -2.08. The zero-order chi connectivity index (χ0) is 14.7. The fourth-order valence-corrected chi connectivity index (χ4v) is 1.90. The van der Waals surface area contributed by atoms with E-state index in [0.29, 0.717) is 27.2 Å². The fraction of sp³-hybridized carbons (Fsp3) is 0.0714. The Morgan fingerprint density at radius 3 is 2.65 bits per heavy atom. The van der Waals surface area contributed by atoms with E-state index in [-0.39, 0.29) is 5.91 Å². The molecule has 1 amide bonds. The minimum atomic E-state index is -0.447. The van der Waals surface area contributed by atoms with Gasteiger partial charge in [-0.1, -0.05) is 0 Å². The lowest BCUT2D eigenvalue weighted by atomic mass is 10.1. The molecule has 2 rings (SSSR count). The SMILES string of the molecule is COc1ccc(C(=O)Nc2ccc(Br)c(F)c2)cc1N. The summed E-state index contributed by atoms with van der Waals surface area (Å²) in [5.74, 6) is -0.325. The highest BCUT2D eigenvalue weighted by molar-refractivity contribution is 9.10. The van der Waals surface area contributed by atoms with E-state index in [9.17, 15) is 9.18 Å². The van der Waals surface area contributed by atoms with Gasteiger partial charge in [0.05, 0.1) is 17.3 Å². The first-order valence-electron chi connectivity index (χ1n) is 5.71. The third-order valence-corrected chi connectivity index (χ3v) is 3.31. The van der Waals surface area contributed by atoms with Gasteiger partial charge in [0.25, 0.3) is 5.91 Å². The molecule has 0 aromatic heterocycles. The number of ether oxygens (including phenoxy) is 1. The second kappa shape index (κ2) is 5.92. The Kier molecular flexibility index (Phi) is 4.24. The number of anilines is 2. The first-order valence-corrected chi connectivity index (χ1v) is 6.50. The first kappa shape index (κ1) is 14.3. The summed E-state index contributed by atoms with van der Waals surface area (Å²) in [7, 11) is 1.50. The summed E-state index contributed by atoms with van der Waals surface area (Å²) in [5.41, 5.74) is 6.83. The number of carbonyl (C=O) groups excluding carboxylic acids is 1. The monoisotopic (exact) mass is 338 g/mol. The minimum absolute atomic E-state index is 0.337. The molecule has 0 aliphatic carbocycles. The van der Waals surface area contributed by atoms with E-state index in [1.807, 2.05) is 0 Å². The lowest BCUT2D eigenvalue weighted by Crippen LogP contribution is -2.12. The van der Waals surface area contributed by atoms with Crippen LogP contribution in [0, 0.1) is 5.82 Å². The largest absolute Gasteiger partial charge is 0.495 e. The molecule has 0 saturated carbocycles. The van der Waals surface area contributed by atoms with Gasteiger partial charge in [-0.3, -0.25) is 4.79 Å². The van der Waals surface area contributed by atoms with Crippen LogP contribution in [0.2, 0.25) is 0 Å². The Morgan fingerprint density at radius 2 is 2.05 bits per heavy atom. The van der Waals surface area contributed by atoms with Gasteiger partial charge in [-0.05, 0) is 52.3 Å². The van der Waals surface area contributed by atoms with Crippen molar-refractivity contribution in [1.82, 2.24) is 0 Å². The van der Waals surface area contributed by atoms with Crippen molar-refractivity contribution in [3.8, 4) is 5.75 Å². The van der Waals surface area contributed by atoms with Crippen molar-refractivity contribution in [1.29, 1.82) is 0 Å². The summed E-state index contributed by atoms with van der Waals surface area (Å²) >= 11 is 3.05. The highest BCUT2D eigenvalue weighted by atomic mass is 79.9. The molecular weight excluding hydrogens is 327 g/mol. The van der Waals surface area contributed by atoms with E-state index < -0.39 is 5.82 Å². The lowest BCUT2D eigenvalue weighted by molar-refractivity contribution is 0.102. The fourth-order valence-electron chi connectivity index (χ4n) is 1.65. The Bertz CT molecular complexity index is 662. The van der Waals surface area contributed by atoms with E-state index in [0.717, 1.165) is 0 Å². The normalized spacial score (nSPS) is 10.2. The topological polar surface area (TPSA) is 64.3 Å². The van der Waals surface area contributed by atoms with Gasteiger partial charge in [-0.25, -0.2) is 4.39 Å². The van der Waals surface area contributed by atoms with E-state index in [1.165, 1.54) is 25.3 Å². The van der Waals surface area contributed by atoms with Crippen LogP contribution in [0.15, 0.2) is 40.9 Å². The number of methoxy groups -OCH3 is 1. The summed E-state index contributed by atoms with van der Waals surface area (Å²) in [6, 6.07) is 9.04. The molecule has 0 bridgehead atoms. The second-order valence-electron chi connectivity index (χ2n) is 4.04. The Morgan fingerprint density at radius 1 is 1.30 bits per heavy atom. The van der Waals surface area contributed by atoms with Crippen LogP contribution < -0.4 is 15.8 Å². The van der Waals surface area contributed by atoms with Crippen LogP contribution in [0.3, 0.4) is 0 Å². The maximum absolute atomic E-state index is 13.4. The highest BCUT2D eigenvalue weighted by Crippen LogP contribution is 2.23. The molecule has 2 aromatic rings. The molecule has 2 aromatic carbocycles. The lowest BCUT2D eigenvalue weighted by Gasteiger charge is -2.08. The molecule has 0 fully saturated rings. The van der Waals surface area contributed by atoms with Crippen LogP contribution in [0.1, 0.15) is 10.4 Å². The van der Waals surface area contributed by atoms with Crippen molar-refractivity contribution < 1.29 is 13.9 Å². The molecule has 0 aliphatic heterocycles. The number of nitrogens with one attached hydrogen (secondary N) is 1. The van der Waals surface area contributed by atoms with Gasteiger partial charge in [-0.15, -0.1) is 0 Å². The minimum Gasteiger partial charge on any atom is -0.495 e. The number of hydrogen-bond donors (Lipinski definition) is 2. The van der Waals surface area contributed by atoms with Gasteiger partial charge in [0.15, 0.2) is 0 Å². The maximum Gasteiger partial charge on any atom is 0.255 e. The highest BCUT2D eigenvalue weighted by Gasteiger charge is 2.10. The van der Waals surface area contributed by atoms with Gasteiger partial charge >= 0.3 is 0 Å². The average molecular weight is 339 g/mol. The Labute approximate surface area is 123 Å². The van der Waals surface area contributed by atoms with E-state index in [4.69, 9.17) is 10.5 Å². The number of nitrogen functional groups attached to an aromatic ring is 1. The molecular formula is C14H12BrFN2O2. The zero-order valence-electron chi connectivity index (χ0n) is 10.6. The standard InChI is InChI=1S/C14H12BrFN2O2/c1-20-13-5-2-8(6-12(13)17)14(19)18-9-3-4-10(15)11(16)7-9/h2-7H,17H2,1H3,(H,18,19). The van der Waals surface area contributed by atoms with Crippen molar-refractivity contribution in [2.24, 2.45) is 0 Å². The first-order chi connectivity index (χ1) is 9.51. The van der Waals surface area contributed by atoms with Crippen molar-refractivity contribution >= 4 is 33.2 Å². The van der Waals surface area contributed by atoms with E-state index >= 15 is 0 Å². The number of amides is 1. The van der Waals surface area contributed by atoms with Gasteiger partial charge in [0.2, 0.25) is 0 Å². The van der Waals surface area contributed by atoms with Gasteiger partial charge in [-0.2, -0.15) is 0 Å². The third-order valence-electron chi connectivity index (χ3n) is 2.67. The van der Waals surface area contributed by atoms with Crippen molar-refractivity contribution in [3.63, 3.8) is 0 Å². The number of rotatable bonds is 3. The summed E-state index contributed by atoms with van der Waals surface area (Å²) in [6.45, 7) is 0. The van der Waals surface area contributed by atoms with Crippen LogP contribution in [0.5, 0.6) is 5.75 Å². The van der Waals surface area contributed by atoms with Gasteiger partial charge in [0.1, 0.15) is 11.6 Å². The van der Waals surface area contributed by atoms with Crippen LogP contribution in [0.25, 0.3) is 0 Å². The quantitative estimate of drug-likeness (QED) is 0.842.